The molecule has 0 fully saturated rings. The fraction of sp³-hybridized carbons (Fsp3) is 0.0222. The highest BCUT2D eigenvalue weighted by Crippen LogP contribution is 2.43. The van der Waals surface area contributed by atoms with Crippen molar-refractivity contribution in [2.75, 3.05) is 0 Å². The fourth-order valence-electron chi connectivity index (χ4n) is 7.56. The summed E-state index contributed by atoms with van der Waals surface area (Å²) in [6, 6.07) is 51.0. The van der Waals surface area contributed by atoms with Gasteiger partial charge in [-0.3, -0.25) is 4.99 Å². The number of aromatic nitrogens is 1. The number of furan rings is 2. The van der Waals surface area contributed by atoms with Crippen molar-refractivity contribution in [3.05, 3.63) is 151 Å². The molecule has 0 amide bonds. The van der Waals surface area contributed by atoms with Crippen molar-refractivity contribution in [3.63, 3.8) is 0 Å². The van der Waals surface area contributed by atoms with Crippen LogP contribution in [0.4, 0.5) is 11.6 Å². The molecule has 0 aliphatic heterocycles. The van der Waals surface area contributed by atoms with Crippen LogP contribution in [0.25, 0.3) is 82.3 Å². The molecule has 0 aliphatic rings. The summed E-state index contributed by atoms with van der Waals surface area (Å²) in [5.41, 5.74) is 10.1. The minimum Gasteiger partial charge on any atom is -0.456 e. The lowest BCUT2D eigenvalue weighted by Gasteiger charge is -2.09. The van der Waals surface area contributed by atoms with Crippen LogP contribution in [-0.4, -0.2) is 17.5 Å². The van der Waals surface area contributed by atoms with Crippen molar-refractivity contribution >= 4 is 90.0 Å². The van der Waals surface area contributed by atoms with Gasteiger partial charge in [-0.1, -0.05) is 97.1 Å². The highest BCUT2D eigenvalue weighted by molar-refractivity contribution is 6.15. The quantitative estimate of drug-likeness (QED) is 0.169. The molecule has 0 bridgehead atoms. The Labute approximate surface area is 287 Å². The summed E-state index contributed by atoms with van der Waals surface area (Å²) in [6.07, 6.45) is 2.54. The highest BCUT2D eigenvalue weighted by Gasteiger charge is 2.17. The topological polar surface area (TPSA) is 55.9 Å². The summed E-state index contributed by atoms with van der Waals surface area (Å²) in [7, 11) is 0. The van der Waals surface area contributed by atoms with Crippen molar-refractivity contribution in [3.8, 4) is 16.8 Å². The first-order valence-corrected chi connectivity index (χ1v) is 16.7. The number of nitrogens with zero attached hydrogens (tertiary/aromatic N) is 3. The molecule has 3 heterocycles. The Morgan fingerprint density at radius 3 is 2.20 bits per heavy atom. The zero-order chi connectivity index (χ0) is 33.2. The van der Waals surface area contributed by atoms with Crippen LogP contribution in [0.3, 0.4) is 0 Å². The second kappa shape index (κ2) is 11.2. The Hall–Kier alpha value is -6.72. The molecule has 0 unspecified atom stereocenters. The number of hydrogen-bond donors (Lipinski definition) is 0. The smallest absolute Gasteiger partial charge is 0.245 e. The molecular formula is C45H29N3O2. The number of fused-ring (bicyclic) bond motifs is 9. The predicted octanol–water partition coefficient (Wildman–Crippen LogP) is 12.5. The minimum atomic E-state index is 0.424. The van der Waals surface area contributed by atoms with Crippen molar-refractivity contribution in [1.29, 1.82) is 0 Å². The van der Waals surface area contributed by atoms with Crippen LogP contribution < -0.4 is 0 Å². The molecule has 0 radical (unpaired) electrons. The predicted molar refractivity (Wildman–Crippen MR) is 208 cm³/mol. The van der Waals surface area contributed by atoms with E-state index < -0.39 is 0 Å². The second-order valence-corrected chi connectivity index (χ2v) is 12.6. The molecule has 0 atom stereocenters. The van der Waals surface area contributed by atoms with Gasteiger partial charge in [0.2, 0.25) is 5.88 Å². The van der Waals surface area contributed by atoms with Gasteiger partial charge in [-0.2, -0.15) is 0 Å². The first kappa shape index (κ1) is 28.3. The SMILES string of the molecule is C=Nc1oc2ccc3ccccc3c2c1/N=C\Cc1cccc2oc3ccc(-c4ccc5c6ccccc6n(-c6ccccc6)c5c4)cc3c12. The second-order valence-electron chi connectivity index (χ2n) is 12.6. The third kappa shape index (κ3) is 4.34. The van der Waals surface area contributed by atoms with E-state index in [1.54, 1.807) is 0 Å². The molecule has 50 heavy (non-hydrogen) atoms. The van der Waals surface area contributed by atoms with Crippen LogP contribution in [0.15, 0.2) is 164 Å². The van der Waals surface area contributed by atoms with Gasteiger partial charge in [-0.25, -0.2) is 4.99 Å². The Bertz CT molecular complexity index is 2980. The Kier molecular flexibility index (Phi) is 6.33. The maximum Gasteiger partial charge on any atom is 0.245 e. The van der Waals surface area contributed by atoms with Crippen molar-refractivity contribution in [2.45, 2.75) is 6.42 Å². The van der Waals surface area contributed by atoms with Crippen LogP contribution >= 0.6 is 0 Å². The van der Waals surface area contributed by atoms with Crippen molar-refractivity contribution in [2.24, 2.45) is 9.98 Å². The van der Waals surface area contributed by atoms with Crippen molar-refractivity contribution < 1.29 is 8.83 Å². The lowest BCUT2D eigenvalue weighted by molar-refractivity contribution is 0.627. The largest absolute Gasteiger partial charge is 0.456 e. The van der Waals surface area contributed by atoms with Gasteiger partial charge < -0.3 is 13.4 Å². The van der Waals surface area contributed by atoms with E-state index in [2.05, 4.69) is 132 Å². The zero-order valence-corrected chi connectivity index (χ0v) is 27.0. The lowest BCUT2D eigenvalue weighted by Crippen LogP contribution is -1.93. The standard InChI is InChI=1S/C45H29N3O2/c1-46-45-44(43-33-14-6-5-10-28(33)19-23-41(43)50-45)47-25-24-29-11-9-17-40-42(29)36-26-30(20-22-39(36)49-40)31-18-21-35-34-15-7-8-16-37(34)48(38(35)27-31)32-12-3-2-4-13-32/h2-23,25-27H,1,24H2/b47-25-. The van der Waals surface area contributed by atoms with E-state index in [1.807, 2.05) is 36.5 Å². The monoisotopic (exact) mass is 643 g/mol. The van der Waals surface area contributed by atoms with Gasteiger partial charge in [0.05, 0.1) is 16.4 Å². The van der Waals surface area contributed by atoms with E-state index >= 15 is 0 Å². The van der Waals surface area contributed by atoms with E-state index in [4.69, 9.17) is 13.8 Å². The van der Waals surface area contributed by atoms with Crippen LogP contribution in [0, 0.1) is 0 Å². The van der Waals surface area contributed by atoms with Gasteiger partial charge in [0, 0.05) is 39.9 Å². The number of benzene rings is 7. The van der Waals surface area contributed by atoms with E-state index in [-0.39, 0.29) is 0 Å². The van der Waals surface area contributed by atoms with Gasteiger partial charge in [0.1, 0.15) is 22.4 Å². The maximum atomic E-state index is 6.38. The molecule has 10 aromatic rings. The maximum absolute atomic E-state index is 6.38. The Balaban J connectivity index is 1.08. The average molecular weight is 644 g/mol. The highest BCUT2D eigenvalue weighted by atomic mass is 16.3. The first-order chi connectivity index (χ1) is 24.7. The summed E-state index contributed by atoms with van der Waals surface area (Å²) >= 11 is 0. The molecule has 7 aromatic carbocycles. The van der Waals surface area contributed by atoms with E-state index in [9.17, 15) is 0 Å². The lowest BCUT2D eigenvalue weighted by atomic mass is 9.99. The third-order valence-corrected chi connectivity index (χ3v) is 9.81. The number of rotatable bonds is 6. The number of aliphatic imine (C=N–C) groups is 2. The first-order valence-electron chi connectivity index (χ1n) is 16.7. The molecule has 0 N–H and O–H groups in total. The molecule has 5 nitrogen and oxygen atoms in total. The van der Waals surface area contributed by atoms with Gasteiger partial charge in [0.15, 0.2) is 0 Å². The summed E-state index contributed by atoms with van der Waals surface area (Å²) in [4.78, 5) is 9.11. The van der Waals surface area contributed by atoms with Gasteiger partial charge in [-0.15, -0.1) is 0 Å². The third-order valence-electron chi connectivity index (χ3n) is 9.81. The summed E-state index contributed by atoms with van der Waals surface area (Å²) in [5, 5.41) is 7.80. The molecular weight excluding hydrogens is 615 g/mol. The Morgan fingerprint density at radius 2 is 1.30 bits per heavy atom. The fourth-order valence-corrected chi connectivity index (χ4v) is 7.56. The van der Waals surface area contributed by atoms with Gasteiger partial charge in [-0.05, 0) is 82.7 Å². The normalized spacial score (nSPS) is 12.1. The molecule has 0 saturated carbocycles. The molecule has 5 heteroatoms. The van der Waals surface area contributed by atoms with E-state index in [0.29, 0.717) is 18.0 Å². The minimum absolute atomic E-state index is 0.424. The number of para-hydroxylation sites is 2. The van der Waals surface area contributed by atoms with E-state index in [0.717, 1.165) is 66.1 Å². The molecule has 10 rings (SSSR count). The van der Waals surface area contributed by atoms with Gasteiger partial charge in [0.25, 0.3) is 0 Å². The van der Waals surface area contributed by atoms with Crippen LogP contribution in [0.5, 0.6) is 0 Å². The van der Waals surface area contributed by atoms with Crippen LogP contribution in [0.1, 0.15) is 5.56 Å². The molecule has 0 spiro atoms. The zero-order valence-electron chi connectivity index (χ0n) is 27.0. The average Bonchev–Trinajstić information content (AvgIpc) is 3.84. The molecule has 0 aliphatic carbocycles. The van der Waals surface area contributed by atoms with Crippen LogP contribution in [-0.2, 0) is 6.42 Å². The summed E-state index contributed by atoms with van der Waals surface area (Å²) < 4.78 is 14.8. The summed E-state index contributed by atoms with van der Waals surface area (Å²) in [6.45, 7) is 3.75. The van der Waals surface area contributed by atoms with Crippen molar-refractivity contribution in [1.82, 2.24) is 4.57 Å². The number of hydrogen-bond acceptors (Lipinski definition) is 4. The molecule has 0 saturated heterocycles. The molecule has 3 aromatic heterocycles. The Morgan fingerprint density at radius 1 is 0.560 bits per heavy atom. The van der Waals surface area contributed by atoms with E-state index in [1.165, 1.54) is 21.8 Å². The summed E-state index contributed by atoms with van der Waals surface area (Å²) in [5.74, 6) is 0.424. The van der Waals surface area contributed by atoms with Gasteiger partial charge >= 0.3 is 0 Å². The van der Waals surface area contributed by atoms with Crippen LogP contribution in [0.2, 0.25) is 0 Å². The molecule has 236 valence electrons.